The van der Waals surface area contributed by atoms with Gasteiger partial charge in [0.2, 0.25) is 0 Å². The van der Waals surface area contributed by atoms with Gasteiger partial charge in [-0.2, -0.15) is 0 Å². The van der Waals surface area contributed by atoms with Crippen molar-refractivity contribution in [1.29, 1.82) is 0 Å². The van der Waals surface area contributed by atoms with Crippen molar-refractivity contribution in [3.05, 3.63) is 158 Å². The van der Waals surface area contributed by atoms with E-state index in [0.717, 1.165) is 78.6 Å². The van der Waals surface area contributed by atoms with E-state index < -0.39 is 0 Å². The summed E-state index contributed by atoms with van der Waals surface area (Å²) in [4.78, 5) is 9.83. The fraction of sp³-hybridized carbons (Fsp3) is 0.200. The maximum absolute atomic E-state index is 7.18. The Morgan fingerprint density at radius 2 is 0.768 bits per heavy atom. The summed E-state index contributed by atoms with van der Waals surface area (Å²) in [7, 11) is 0. The van der Waals surface area contributed by atoms with E-state index in [1.165, 1.54) is 44.6 Å². The molecule has 0 amide bonds. The molecule has 4 aliphatic rings. The number of hydrogen-bond donors (Lipinski definition) is 0. The zero-order valence-electron chi connectivity index (χ0n) is 40.5. The molecule has 4 aliphatic heterocycles. The van der Waals surface area contributed by atoms with Crippen molar-refractivity contribution >= 4 is 114 Å². The monoisotopic (exact) mass is 900 g/mol. The molecule has 7 nitrogen and oxygen atoms in total. The molecule has 0 bridgehead atoms. The third-order valence-corrected chi connectivity index (χ3v) is 14.8. The Morgan fingerprint density at radius 3 is 1.16 bits per heavy atom. The molecule has 0 fully saturated rings. The number of rotatable bonds is 8. The third kappa shape index (κ3) is 6.21. The number of anilines is 8. The first-order valence-corrected chi connectivity index (χ1v) is 24.7. The van der Waals surface area contributed by atoms with Crippen LogP contribution in [0, 0.1) is 0 Å². The quantitative estimate of drug-likeness (QED) is 0.141. The lowest BCUT2D eigenvalue weighted by molar-refractivity contribution is 0.485. The molecule has 0 atom stereocenters. The zero-order chi connectivity index (χ0) is 47.0. The number of benzene rings is 8. The molecular weight excluding hydrogens is 846 g/mol. The van der Waals surface area contributed by atoms with Crippen molar-refractivity contribution in [3.63, 3.8) is 0 Å². The van der Waals surface area contributed by atoms with Crippen molar-refractivity contribution < 1.29 is 13.9 Å². The molecule has 9 heteroatoms. The molecular formula is C60H54B2N4O3. The highest BCUT2D eigenvalue weighted by atomic mass is 16.5. The van der Waals surface area contributed by atoms with E-state index in [1.54, 1.807) is 0 Å². The van der Waals surface area contributed by atoms with Gasteiger partial charge in [0.1, 0.15) is 34.2 Å². The van der Waals surface area contributed by atoms with Gasteiger partial charge in [-0.3, -0.25) is 0 Å². The van der Waals surface area contributed by atoms with Crippen molar-refractivity contribution in [3.8, 4) is 23.0 Å². The predicted octanol–water partition coefficient (Wildman–Crippen LogP) is 11.6. The number of nitrogens with zero attached hydrogens (tertiary/aromatic N) is 4. The summed E-state index contributed by atoms with van der Waals surface area (Å²) in [5, 5.41) is 2.14. The minimum absolute atomic E-state index is 0.0457. The van der Waals surface area contributed by atoms with E-state index in [-0.39, 0.29) is 37.6 Å². The van der Waals surface area contributed by atoms with Crippen LogP contribution < -0.4 is 61.9 Å². The second-order valence-electron chi connectivity index (χ2n) is 20.3. The van der Waals surface area contributed by atoms with E-state index in [1.807, 2.05) is 0 Å². The summed E-state index contributed by atoms with van der Waals surface area (Å²) in [6.45, 7) is 18.1. The standard InChI is InChI=1S/C60H54B2N4O3/c1-35(2)63(39-19-11-9-12-20-39)41-27-51-59-57(29-41)68-55-33-53-43(31-47(55)61(59)45-23-15-17-25-49(45)65(51)37(5)6)44-32-48-56(34-54(44)67-53)69-58-30-42(64(36(3)4)40-21-13-10-14-22-40)28-52-60(58)62(48)46-24-16-18-26-50(46)66(52)38(7)8/h9-38H,1-8H3. The van der Waals surface area contributed by atoms with Crippen LogP contribution in [-0.2, 0) is 0 Å². The largest absolute Gasteiger partial charge is 0.458 e. The first-order valence-electron chi connectivity index (χ1n) is 24.7. The smallest absolute Gasteiger partial charge is 0.256 e. The molecule has 0 radical (unpaired) electrons. The van der Waals surface area contributed by atoms with Crippen LogP contribution in [0.15, 0.2) is 162 Å². The summed E-state index contributed by atoms with van der Waals surface area (Å²) in [6, 6.07) is 58.3. The molecule has 9 aromatic rings. The van der Waals surface area contributed by atoms with Gasteiger partial charge >= 0.3 is 0 Å². The van der Waals surface area contributed by atoms with Crippen LogP contribution in [0.2, 0.25) is 0 Å². The van der Waals surface area contributed by atoms with E-state index in [9.17, 15) is 0 Å². The normalized spacial score (nSPS) is 13.9. The van der Waals surface area contributed by atoms with Crippen molar-refractivity contribution in [1.82, 2.24) is 0 Å². The number of ether oxygens (including phenoxy) is 2. The average Bonchev–Trinajstić information content (AvgIpc) is 3.68. The van der Waals surface area contributed by atoms with Crippen LogP contribution in [0.3, 0.4) is 0 Å². The molecule has 0 spiro atoms. The van der Waals surface area contributed by atoms with E-state index >= 15 is 0 Å². The minimum Gasteiger partial charge on any atom is -0.458 e. The Morgan fingerprint density at radius 1 is 0.377 bits per heavy atom. The maximum atomic E-state index is 7.18. The average molecular weight is 901 g/mol. The van der Waals surface area contributed by atoms with E-state index in [0.29, 0.717) is 0 Å². The Balaban J connectivity index is 1.00. The van der Waals surface area contributed by atoms with Crippen LogP contribution in [0.1, 0.15) is 55.4 Å². The van der Waals surface area contributed by atoms with Gasteiger partial charge in [0.25, 0.3) is 13.4 Å². The van der Waals surface area contributed by atoms with Crippen LogP contribution in [0.5, 0.6) is 23.0 Å². The first-order chi connectivity index (χ1) is 33.5. The van der Waals surface area contributed by atoms with Crippen LogP contribution in [0.4, 0.5) is 45.5 Å². The van der Waals surface area contributed by atoms with Crippen molar-refractivity contribution in [2.24, 2.45) is 0 Å². The molecule has 0 aliphatic carbocycles. The highest BCUT2D eigenvalue weighted by molar-refractivity contribution is 7.00. The van der Waals surface area contributed by atoms with Gasteiger partial charge in [-0.1, -0.05) is 84.9 Å². The molecule has 0 saturated carbocycles. The number of hydrogen-bond acceptors (Lipinski definition) is 7. The first kappa shape index (κ1) is 41.7. The SMILES string of the molecule is CC(C)N(c1ccccc1)c1cc2c3c(c1)N(C(C)C)c1ccccc1B3c1cc3c(cc1O2)oc1cc2c(cc13)B1c3ccccc3N(C(C)C)c3cc(N(c4ccccc4)C(C)C)cc(c31)O2. The fourth-order valence-corrected chi connectivity index (χ4v) is 12.2. The summed E-state index contributed by atoms with van der Waals surface area (Å²) >= 11 is 0. The van der Waals surface area contributed by atoms with Gasteiger partial charge in [0.15, 0.2) is 0 Å². The summed E-state index contributed by atoms with van der Waals surface area (Å²) in [5.74, 6) is 3.39. The number of furan rings is 1. The van der Waals surface area contributed by atoms with Crippen LogP contribution in [0.25, 0.3) is 21.9 Å². The van der Waals surface area contributed by atoms with Gasteiger partial charge in [0.05, 0.1) is 0 Å². The van der Waals surface area contributed by atoms with Crippen molar-refractivity contribution in [2.75, 3.05) is 19.6 Å². The predicted molar refractivity (Wildman–Crippen MR) is 291 cm³/mol. The lowest BCUT2D eigenvalue weighted by atomic mass is 9.34. The van der Waals surface area contributed by atoms with Gasteiger partial charge in [0, 0.05) is 105 Å². The minimum atomic E-state index is -0.0457. The summed E-state index contributed by atoms with van der Waals surface area (Å²) < 4.78 is 21.3. The molecule has 0 N–H and O–H groups in total. The molecule has 1 aromatic heterocycles. The van der Waals surface area contributed by atoms with Crippen LogP contribution >= 0.6 is 0 Å². The molecule has 13 rings (SSSR count). The molecule has 0 saturated heterocycles. The van der Waals surface area contributed by atoms with E-state index in [2.05, 4.69) is 233 Å². The Hall–Kier alpha value is -7.51. The molecule has 69 heavy (non-hydrogen) atoms. The topological polar surface area (TPSA) is 44.6 Å². The lowest BCUT2D eigenvalue weighted by Gasteiger charge is -2.43. The maximum Gasteiger partial charge on any atom is 0.256 e. The summed E-state index contributed by atoms with van der Waals surface area (Å²) in [6.07, 6.45) is 0. The molecule has 5 heterocycles. The summed E-state index contributed by atoms with van der Waals surface area (Å²) in [5.41, 5.74) is 18.1. The van der Waals surface area contributed by atoms with Crippen LogP contribution in [-0.4, -0.2) is 37.6 Å². The zero-order valence-corrected chi connectivity index (χ0v) is 40.5. The van der Waals surface area contributed by atoms with E-state index in [4.69, 9.17) is 13.9 Å². The van der Waals surface area contributed by atoms with Gasteiger partial charge in [-0.05, 0) is 137 Å². The molecule has 338 valence electrons. The van der Waals surface area contributed by atoms with Crippen molar-refractivity contribution in [2.45, 2.75) is 79.6 Å². The number of fused-ring (bicyclic) bond motifs is 11. The number of para-hydroxylation sites is 4. The lowest BCUT2D eigenvalue weighted by Crippen LogP contribution is -2.61. The van der Waals surface area contributed by atoms with Gasteiger partial charge < -0.3 is 33.5 Å². The molecule has 0 unspecified atom stereocenters. The highest BCUT2D eigenvalue weighted by Crippen LogP contribution is 2.46. The molecule has 8 aromatic carbocycles. The fourth-order valence-electron chi connectivity index (χ4n) is 12.2. The Kier molecular flexibility index (Phi) is 9.36. The highest BCUT2D eigenvalue weighted by Gasteiger charge is 2.45. The van der Waals surface area contributed by atoms with Gasteiger partial charge in [-0.15, -0.1) is 0 Å². The van der Waals surface area contributed by atoms with Gasteiger partial charge in [-0.25, -0.2) is 0 Å². The Labute approximate surface area is 405 Å². The second kappa shape index (κ2) is 15.5. The third-order valence-electron chi connectivity index (χ3n) is 14.8. The second-order valence-corrected chi connectivity index (χ2v) is 20.3. The Bertz CT molecular complexity index is 3300.